The van der Waals surface area contributed by atoms with E-state index in [0.29, 0.717) is 26.7 Å². The van der Waals surface area contributed by atoms with Crippen molar-refractivity contribution in [3.8, 4) is 0 Å². The molecule has 0 saturated heterocycles. The SMILES string of the molecule is CC(=O)Nc1ccc(Cl)c(Nc2ncc(Br)c(N=C(N)/C=C(/C)[OH2+])n2)c1. The highest BCUT2D eigenvalue weighted by atomic mass is 79.9. The Kier molecular flexibility index (Phi) is 6.53. The second-order valence-corrected chi connectivity index (χ2v) is 6.49. The number of nitrogens with one attached hydrogen (secondary N) is 2. The van der Waals surface area contributed by atoms with Crippen LogP contribution in [0.5, 0.6) is 0 Å². The van der Waals surface area contributed by atoms with Crippen molar-refractivity contribution in [3.63, 3.8) is 0 Å². The van der Waals surface area contributed by atoms with Crippen LogP contribution in [0.4, 0.5) is 23.1 Å². The number of anilines is 3. The summed E-state index contributed by atoms with van der Waals surface area (Å²) in [6, 6.07) is 4.99. The lowest BCUT2D eigenvalue weighted by molar-refractivity contribution is -0.114. The number of hydrogen-bond donors (Lipinski definition) is 3. The van der Waals surface area contributed by atoms with Crippen molar-refractivity contribution < 1.29 is 9.90 Å². The van der Waals surface area contributed by atoms with Crippen molar-refractivity contribution in [3.05, 3.63) is 45.7 Å². The van der Waals surface area contributed by atoms with E-state index >= 15 is 0 Å². The Morgan fingerprint density at radius 1 is 1.42 bits per heavy atom. The van der Waals surface area contributed by atoms with E-state index in [1.54, 1.807) is 25.1 Å². The van der Waals surface area contributed by atoms with E-state index in [0.717, 1.165) is 0 Å². The van der Waals surface area contributed by atoms with E-state index < -0.39 is 0 Å². The molecule has 0 atom stereocenters. The fraction of sp³-hybridized carbons (Fsp3) is 0.125. The monoisotopic (exact) mass is 439 g/mol. The molecule has 0 saturated carbocycles. The van der Waals surface area contributed by atoms with Crippen molar-refractivity contribution in [2.45, 2.75) is 13.8 Å². The summed E-state index contributed by atoms with van der Waals surface area (Å²) >= 11 is 9.49. The number of halogens is 2. The molecule has 136 valence electrons. The standard InChI is InChI=1S/C16H16BrClN6O2/c1-8(25)5-14(19)23-15-11(17)7-20-16(24-15)22-13-6-10(21-9(2)26)3-4-12(13)18/h3-7,25H,1-2H3,(H,21,26)(H3,19,20,22,23,24)/p+1/b8-5-. The predicted octanol–water partition coefficient (Wildman–Crippen LogP) is 3.21. The number of hydrogen-bond acceptors (Lipinski definition) is 5. The van der Waals surface area contributed by atoms with Crippen LogP contribution in [-0.4, -0.2) is 26.8 Å². The van der Waals surface area contributed by atoms with Gasteiger partial charge in [0, 0.05) is 25.7 Å². The summed E-state index contributed by atoms with van der Waals surface area (Å²) in [5, 5.41) is 13.5. The molecule has 0 fully saturated rings. The van der Waals surface area contributed by atoms with E-state index in [1.807, 2.05) is 0 Å². The van der Waals surface area contributed by atoms with Crippen LogP contribution < -0.4 is 16.4 Å². The minimum atomic E-state index is -0.192. The normalized spacial score (nSPS) is 12.0. The molecule has 2 rings (SSSR count). The molecule has 1 heterocycles. The maximum absolute atomic E-state index is 11.2. The van der Waals surface area contributed by atoms with Crippen LogP contribution in [-0.2, 0) is 4.79 Å². The maximum Gasteiger partial charge on any atom is 0.229 e. The van der Waals surface area contributed by atoms with Gasteiger partial charge in [-0.1, -0.05) is 11.6 Å². The zero-order valence-corrected chi connectivity index (χ0v) is 16.3. The fourth-order valence-corrected chi connectivity index (χ4v) is 2.34. The van der Waals surface area contributed by atoms with Gasteiger partial charge in [-0.05, 0) is 34.1 Å². The number of amidine groups is 1. The van der Waals surface area contributed by atoms with E-state index in [1.165, 1.54) is 19.2 Å². The van der Waals surface area contributed by atoms with Gasteiger partial charge in [0.05, 0.1) is 21.3 Å². The lowest BCUT2D eigenvalue weighted by Crippen LogP contribution is -2.08. The molecule has 2 aromatic rings. The van der Waals surface area contributed by atoms with Crippen LogP contribution in [0.3, 0.4) is 0 Å². The van der Waals surface area contributed by atoms with Crippen LogP contribution in [0.1, 0.15) is 13.8 Å². The van der Waals surface area contributed by atoms with Gasteiger partial charge in [0.25, 0.3) is 0 Å². The molecule has 0 aliphatic carbocycles. The van der Waals surface area contributed by atoms with Gasteiger partial charge in [0.1, 0.15) is 5.84 Å². The molecule has 10 heteroatoms. The number of rotatable bonds is 5. The smallest absolute Gasteiger partial charge is 0.229 e. The summed E-state index contributed by atoms with van der Waals surface area (Å²) in [5.74, 6) is 0.771. The molecule has 0 bridgehead atoms. The Bertz CT molecular complexity index is 896. The lowest BCUT2D eigenvalue weighted by atomic mass is 10.2. The number of carbonyl (C=O) groups excluding carboxylic acids is 1. The largest absolute Gasteiger partial charge is 0.597 e. The van der Waals surface area contributed by atoms with Crippen LogP contribution in [0.2, 0.25) is 5.02 Å². The third-order valence-electron chi connectivity index (χ3n) is 2.86. The quantitative estimate of drug-likeness (QED) is 0.285. The van der Waals surface area contributed by atoms with Gasteiger partial charge >= 0.3 is 0 Å². The van der Waals surface area contributed by atoms with Crippen molar-refractivity contribution in [1.82, 2.24) is 9.97 Å². The second kappa shape index (κ2) is 8.63. The highest BCUT2D eigenvalue weighted by molar-refractivity contribution is 9.10. The van der Waals surface area contributed by atoms with Crippen LogP contribution in [0.15, 0.2) is 45.7 Å². The van der Waals surface area contributed by atoms with Gasteiger partial charge in [-0.25, -0.2) is 9.98 Å². The molecule has 1 amide bonds. The Balaban J connectivity index is 2.32. The summed E-state index contributed by atoms with van der Waals surface area (Å²) in [7, 11) is 0. The molecular formula is C16H17BrClN6O2+. The van der Waals surface area contributed by atoms with Crippen molar-refractivity contribution in [1.29, 1.82) is 0 Å². The summed E-state index contributed by atoms with van der Waals surface area (Å²) in [5.41, 5.74) is 6.86. The van der Waals surface area contributed by atoms with Crippen molar-refractivity contribution in [2.24, 2.45) is 10.7 Å². The molecule has 0 radical (unpaired) electrons. The summed E-state index contributed by atoms with van der Waals surface area (Å²) in [6.07, 6.45) is 2.93. The highest BCUT2D eigenvalue weighted by Crippen LogP contribution is 2.29. The first-order valence-corrected chi connectivity index (χ1v) is 8.52. The molecular weight excluding hydrogens is 424 g/mol. The summed E-state index contributed by atoms with van der Waals surface area (Å²) in [6.45, 7) is 3.01. The Morgan fingerprint density at radius 2 is 2.15 bits per heavy atom. The molecule has 0 spiro atoms. The van der Waals surface area contributed by atoms with E-state index in [-0.39, 0.29) is 23.5 Å². The predicted molar refractivity (Wildman–Crippen MR) is 107 cm³/mol. The Morgan fingerprint density at radius 3 is 2.81 bits per heavy atom. The van der Waals surface area contributed by atoms with Gasteiger partial charge in [-0.2, -0.15) is 4.98 Å². The van der Waals surface area contributed by atoms with Crippen LogP contribution in [0.25, 0.3) is 0 Å². The fourth-order valence-electron chi connectivity index (χ4n) is 1.90. The lowest BCUT2D eigenvalue weighted by Gasteiger charge is -2.10. The number of carbonyl (C=O) groups is 1. The average molecular weight is 441 g/mol. The van der Waals surface area contributed by atoms with Crippen molar-refractivity contribution >= 4 is 62.4 Å². The van der Waals surface area contributed by atoms with E-state index in [9.17, 15) is 4.79 Å². The first-order chi connectivity index (χ1) is 12.2. The minimum absolute atomic E-state index is 0.147. The second-order valence-electron chi connectivity index (χ2n) is 5.23. The molecule has 1 aromatic carbocycles. The summed E-state index contributed by atoms with van der Waals surface area (Å²) < 4.78 is 0.542. The average Bonchev–Trinajstić information content (AvgIpc) is 2.52. The van der Waals surface area contributed by atoms with Crippen LogP contribution in [0, 0.1) is 0 Å². The zero-order valence-electron chi connectivity index (χ0n) is 14.0. The minimum Gasteiger partial charge on any atom is -0.597 e. The molecule has 0 aliphatic heterocycles. The highest BCUT2D eigenvalue weighted by Gasteiger charge is 2.09. The number of amides is 1. The van der Waals surface area contributed by atoms with Crippen LogP contribution >= 0.6 is 27.5 Å². The number of aromatic nitrogens is 2. The first-order valence-electron chi connectivity index (χ1n) is 7.35. The third kappa shape index (κ3) is 5.71. The van der Waals surface area contributed by atoms with E-state index in [2.05, 4.69) is 41.5 Å². The maximum atomic E-state index is 11.2. The third-order valence-corrected chi connectivity index (χ3v) is 3.75. The van der Waals surface area contributed by atoms with Crippen molar-refractivity contribution in [2.75, 3.05) is 10.6 Å². The topological polar surface area (TPSA) is 128 Å². The molecule has 26 heavy (non-hydrogen) atoms. The number of benzene rings is 1. The number of allylic oxidation sites excluding steroid dienone is 1. The first kappa shape index (κ1) is 19.7. The van der Waals surface area contributed by atoms with Gasteiger partial charge < -0.3 is 21.5 Å². The Labute approximate surface area is 163 Å². The molecule has 6 N–H and O–H groups in total. The number of nitrogens with two attached hydrogens (primary N) is 1. The number of nitrogens with zero attached hydrogens (tertiary/aromatic N) is 3. The molecule has 0 unspecified atom stereocenters. The molecule has 1 aromatic heterocycles. The zero-order chi connectivity index (χ0) is 19.3. The van der Waals surface area contributed by atoms with E-state index in [4.69, 9.17) is 22.4 Å². The van der Waals surface area contributed by atoms with Gasteiger partial charge in [-0.15, -0.1) is 0 Å². The summed E-state index contributed by atoms with van der Waals surface area (Å²) in [4.78, 5) is 23.8. The number of aliphatic imine (C=N–C) groups is 1. The Hall–Kier alpha value is -2.65. The molecule has 0 aliphatic rings. The van der Waals surface area contributed by atoms with Gasteiger partial charge in [0.15, 0.2) is 5.82 Å². The van der Waals surface area contributed by atoms with Gasteiger partial charge in [-0.3, -0.25) is 4.79 Å². The van der Waals surface area contributed by atoms with Gasteiger partial charge in [0.2, 0.25) is 17.6 Å². The molecule has 8 nitrogen and oxygen atoms in total.